The lowest BCUT2D eigenvalue weighted by molar-refractivity contribution is -0.385. The van der Waals surface area contributed by atoms with Crippen LogP contribution in [0.3, 0.4) is 0 Å². The zero-order valence-electron chi connectivity index (χ0n) is 11.4. The average Bonchev–Trinajstić information content (AvgIpc) is 2.34. The smallest absolute Gasteiger partial charge is 0.275 e. The van der Waals surface area contributed by atoms with Crippen LogP contribution >= 0.6 is 15.9 Å². The minimum absolute atomic E-state index is 0.162. The Kier molecular flexibility index (Phi) is 6.97. The van der Waals surface area contributed by atoms with Gasteiger partial charge in [-0.05, 0) is 52.2 Å². The average molecular weight is 330 g/mol. The summed E-state index contributed by atoms with van der Waals surface area (Å²) in [5.41, 5.74) is 0.885. The van der Waals surface area contributed by atoms with Crippen LogP contribution in [0.1, 0.15) is 18.4 Å². The number of rotatable bonds is 8. The van der Waals surface area contributed by atoms with Gasteiger partial charge in [0, 0.05) is 22.6 Å². The number of benzene rings is 1. The van der Waals surface area contributed by atoms with E-state index in [9.17, 15) is 10.1 Å². The van der Waals surface area contributed by atoms with Gasteiger partial charge in [-0.3, -0.25) is 10.1 Å². The molecule has 1 N–H and O–H groups in total. The summed E-state index contributed by atoms with van der Waals surface area (Å²) in [4.78, 5) is 12.7. The van der Waals surface area contributed by atoms with Crippen LogP contribution in [0.2, 0.25) is 0 Å². The Bertz CT molecular complexity index is 424. The van der Waals surface area contributed by atoms with Crippen molar-refractivity contribution in [3.05, 3.63) is 38.3 Å². The van der Waals surface area contributed by atoms with Crippen LogP contribution in [0.5, 0.6) is 0 Å². The number of nitro groups is 1. The molecule has 0 radical (unpaired) electrons. The Labute approximate surface area is 122 Å². The molecular formula is C13H20BrN3O2. The van der Waals surface area contributed by atoms with Gasteiger partial charge in [-0.1, -0.05) is 15.9 Å². The van der Waals surface area contributed by atoms with E-state index in [1.807, 2.05) is 6.07 Å². The Hall–Kier alpha value is -0.980. The van der Waals surface area contributed by atoms with Gasteiger partial charge >= 0.3 is 0 Å². The molecule has 0 aliphatic carbocycles. The maximum atomic E-state index is 10.9. The fourth-order valence-corrected chi connectivity index (χ4v) is 2.11. The number of nitrogens with one attached hydrogen (secondary N) is 1. The summed E-state index contributed by atoms with van der Waals surface area (Å²) in [5.74, 6) is 0. The van der Waals surface area contributed by atoms with E-state index in [1.165, 1.54) is 0 Å². The minimum atomic E-state index is -0.339. The minimum Gasteiger partial charge on any atom is -0.312 e. The molecule has 0 saturated heterocycles. The lowest BCUT2D eigenvalue weighted by Gasteiger charge is -2.09. The van der Waals surface area contributed by atoms with Crippen LogP contribution in [0, 0.1) is 10.1 Å². The van der Waals surface area contributed by atoms with Gasteiger partial charge in [0.25, 0.3) is 5.69 Å². The highest BCUT2D eigenvalue weighted by atomic mass is 79.9. The zero-order chi connectivity index (χ0) is 14.3. The van der Waals surface area contributed by atoms with Crippen LogP contribution in [0.15, 0.2) is 22.7 Å². The van der Waals surface area contributed by atoms with Gasteiger partial charge in [0.1, 0.15) is 0 Å². The standard InChI is InChI=1S/C13H20BrN3O2/c1-16(2)8-4-3-7-15-10-11-5-6-12(14)9-13(11)17(18)19/h5-6,9,15H,3-4,7-8,10H2,1-2H3. The molecule has 0 heterocycles. The molecule has 0 bridgehead atoms. The van der Waals surface area contributed by atoms with Gasteiger partial charge in [-0.25, -0.2) is 0 Å². The van der Waals surface area contributed by atoms with Crippen LogP contribution in [-0.4, -0.2) is 37.0 Å². The van der Waals surface area contributed by atoms with E-state index in [2.05, 4.69) is 40.2 Å². The van der Waals surface area contributed by atoms with Gasteiger partial charge in [-0.2, -0.15) is 0 Å². The maximum Gasteiger partial charge on any atom is 0.275 e. The van der Waals surface area contributed by atoms with Crippen molar-refractivity contribution in [2.45, 2.75) is 19.4 Å². The van der Waals surface area contributed by atoms with E-state index >= 15 is 0 Å². The molecular weight excluding hydrogens is 310 g/mol. The molecule has 0 fully saturated rings. The fourth-order valence-electron chi connectivity index (χ4n) is 1.76. The third-order valence-corrected chi connectivity index (χ3v) is 3.26. The van der Waals surface area contributed by atoms with Crippen molar-refractivity contribution in [1.82, 2.24) is 10.2 Å². The fraction of sp³-hybridized carbons (Fsp3) is 0.538. The molecule has 0 aliphatic heterocycles. The number of halogens is 1. The molecule has 0 aliphatic rings. The largest absolute Gasteiger partial charge is 0.312 e. The van der Waals surface area contributed by atoms with Crippen LogP contribution in [0.4, 0.5) is 5.69 Å². The maximum absolute atomic E-state index is 10.9. The monoisotopic (exact) mass is 329 g/mol. The van der Waals surface area contributed by atoms with Crippen molar-refractivity contribution < 1.29 is 4.92 Å². The molecule has 1 aromatic rings. The molecule has 106 valence electrons. The number of unbranched alkanes of at least 4 members (excludes halogenated alkanes) is 1. The molecule has 1 aromatic carbocycles. The molecule has 0 saturated carbocycles. The highest BCUT2D eigenvalue weighted by Crippen LogP contribution is 2.23. The van der Waals surface area contributed by atoms with E-state index in [4.69, 9.17) is 0 Å². The highest BCUT2D eigenvalue weighted by molar-refractivity contribution is 9.10. The van der Waals surface area contributed by atoms with Crippen LogP contribution in [-0.2, 0) is 6.54 Å². The van der Waals surface area contributed by atoms with Gasteiger partial charge in [0.05, 0.1) is 4.92 Å². The Morgan fingerprint density at radius 3 is 2.74 bits per heavy atom. The molecule has 5 nitrogen and oxygen atoms in total. The SMILES string of the molecule is CN(C)CCCCNCc1ccc(Br)cc1[N+](=O)[O-]. The molecule has 0 spiro atoms. The Balaban J connectivity index is 2.39. The number of nitro benzene ring substituents is 1. The molecule has 0 aromatic heterocycles. The van der Waals surface area contributed by atoms with Crippen molar-refractivity contribution in [2.75, 3.05) is 27.2 Å². The summed E-state index contributed by atoms with van der Waals surface area (Å²) in [5, 5.41) is 14.2. The first-order valence-corrected chi connectivity index (χ1v) is 7.08. The third-order valence-electron chi connectivity index (χ3n) is 2.77. The van der Waals surface area contributed by atoms with E-state index in [0.29, 0.717) is 6.54 Å². The highest BCUT2D eigenvalue weighted by Gasteiger charge is 2.13. The zero-order valence-corrected chi connectivity index (χ0v) is 12.9. The topological polar surface area (TPSA) is 58.4 Å². The van der Waals surface area contributed by atoms with Gasteiger partial charge in [-0.15, -0.1) is 0 Å². The van der Waals surface area contributed by atoms with E-state index in [0.717, 1.165) is 36.0 Å². The van der Waals surface area contributed by atoms with Crippen molar-refractivity contribution in [2.24, 2.45) is 0 Å². The first-order chi connectivity index (χ1) is 9.00. The molecule has 0 unspecified atom stereocenters. The van der Waals surface area contributed by atoms with Crippen molar-refractivity contribution in [3.63, 3.8) is 0 Å². The van der Waals surface area contributed by atoms with Gasteiger partial charge in [0.2, 0.25) is 0 Å². The summed E-state index contributed by atoms with van der Waals surface area (Å²) in [6.45, 7) is 2.48. The quantitative estimate of drug-likeness (QED) is 0.452. The van der Waals surface area contributed by atoms with Crippen molar-refractivity contribution in [1.29, 1.82) is 0 Å². The molecule has 0 amide bonds. The van der Waals surface area contributed by atoms with E-state index < -0.39 is 0 Å². The second-order valence-corrected chi connectivity index (χ2v) is 5.63. The Morgan fingerprint density at radius 1 is 1.37 bits per heavy atom. The van der Waals surface area contributed by atoms with E-state index in [-0.39, 0.29) is 10.6 Å². The second kappa shape index (κ2) is 8.24. The third kappa shape index (κ3) is 6.13. The first kappa shape index (κ1) is 16.1. The lowest BCUT2D eigenvalue weighted by atomic mass is 10.2. The molecule has 0 atom stereocenters. The summed E-state index contributed by atoms with van der Waals surface area (Å²) in [6.07, 6.45) is 2.20. The summed E-state index contributed by atoms with van der Waals surface area (Å²) in [6, 6.07) is 5.16. The predicted octanol–water partition coefficient (Wildman–Crippen LogP) is 2.79. The summed E-state index contributed by atoms with van der Waals surface area (Å²) in [7, 11) is 4.11. The van der Waals surface area contributed by atoms with Crippen LogP contribution in [0.25, 0.3) is 0 Å². The number of hydrogen-bond acceptors (Lipinski definition) is 4. The van der Waals surface area contributed by atoms with Crippen molar-refractivity contribution in [3.8, 4) is 0 Å². The van der Waals surface area contributed by atoms with Crippen LogP contribution < -0.4 is 5.32 Å². The van der Waals surface area contributed by atoms with Gasteiger partial charge in [0.15, 0.2) is 0 Å². The van der Waals surface area contributed by atoms with Crippen molar-refractivity contribution >= 4 is 21.6 Å². The predicted molar refractivity (Wildman–Crippen MR) is 80.3 cm³/mol. The normalized spacial score (nSPS) is 10.9. The number of hydrogen-bond donors (Lipinski definition) is 1. The first-order valence-electron chi connectivity index (χ1n) is 6.29. The Morgan fingerprint density at radius 2 is 2.11 bits per heavy atom. The summed E-state index contributed by atoms with van der Waals surface area (Å²) < 4.78 is 0.730. The molecule has 6 heteroatoms. The molecule has 1 rings (SSSR count). The van der Waals surface area contributed by atoms with Gasteiger partial charge < -0.3 is 10.2 Å². The lowest BCUT2D eigenvalue weighted by Crippen LogP contribution is -2.18. The second-order valence-electron chi connectivity index (χ2n) is 4.72. The molecule has 19 heavy (non-hydrogen) atoms. The number of nitrogens with zero attached hydrogens (tertiary/aromatic N) is 2. The summed E-state index contributed by atoms with van der Waals surface area (Å²) >= 11 is 3.25. The van der Waals surface area contributed by atoms with E-state index in [1.54, 1.807) is 12.1 Å².